The second kappa shape index (κ2) is 9.54. The maximum absolute atomic E-state index is 13.2. The maximum atomic E-state index is 13.2. The molecule has 2 aromatic rings. The lowest BCUT2D eigenvalue weighted by Gasteiger charge is -2.30. The van der Waals surface area contributed by atoms with Crippen molar-refractivity contribution in [2.45, 2.75) is 36.1 Å². The molecule has 1 aromatic carbocycles. The second-order valence-corrected chi connectivity index (χ2v) is 7.68. The fourth-order valence-electron chi connectivity index (χ4n) is 3.13. The van der Waals surface area contributed by atoms with Gasteiger partial charge in [0.25, 0.3) is 5.56 Å². The van der Waals surface area contributed by atoms with Crippen molar-refractivity contribution in [2.24, 2.45) is 0 Å². The van der Waals surface area contributed by atoms with E-state index in [1.807, 2.05) is 35.2 Å². The summed E-state index contributed by atoms with van der Waals surface area (Å²) in [6, 6.07) is 10.7. The first-order chi connectivity index (χ1) is 13.6. The van der Waals surface area contributed by atoms with E-state index in [2.05, 4.69) is 14.7 Å². The van der Waals surface area contributed by atoms with Gasteiger partial charge in [-0.1, -0.05) is 42.1 Å². The molecule has 0 unspecified atom stereocenters. The molecular formula is C20H23N3O4S. The van der Waals surface area contributed by atoms with Crippen LogP contribution in [0.3, 0.4) is 0 Å². The van der Waals surface area contributed by atoms with Gasteiger partial charge in [0.1, 0.15) is 5.25 Å². The van der Waals surface area contributed by atoms with Crippen LogP contribution in [0, 0.1) is 0 Å². The third-order valence-electron chi connectivity index (χ3n) is 4.55. The number of hydrogen-bond acceptors (Lipinski definition) is 6. The highest BCUT2D eigenvalue weighted by atomic mass is 32.2. The van der Waals surface area contributed by atoms with Gasteiger partial charge in [0.2, 0.25) is 5.91 Å². The van der Waals surface area contributed by atoms with E-state index in [9.17, 15) is 14.4 Å². The van der Waals surface area contributed by atoms with E-state index in [0.717, 1.165) is 37.9 Å². The van der Waals surface area contributed by atoms with Crippen LogP contribution in [0.2, 0.25) is 0 Å². The van der Waals surface area contributed by atoms with E-state index in [1.165, 1.54) is 24.9 Å². The third-order valence-corrected chi connectivity index (χ3v) is 5.68. The van der Waals surface area contributed by atoms with Gasteiger partial charge in [0, 0.05) is 19.2 Å². The average molecular weight is 401 g/mol. The number of hydrogen-bond donors (Lipinski definition) is 1. The topological polar surface area (TPSA) is 92.4 Å². The monoisotopic (exact) mass is 401 g/mol. The number of carbonyl (C=O) groups is 2. The highest BCUT2D eigenvalue weighted by molar-refractivity contribution is 8.00. The van der Waals surface area contributed by atoms with Gasteiger partial charge in [-0.2, -0.15) is 0 Å². The molecule has 7 nitrogen and oxygen atoms in total. The summed E-state index contributed by atoms with van der Waals surface area (Å²) in [5, 5.41) is -0.207. The molecule has 1 amide bonds. The molecule has 0 aliphatic carbocycles. The molecule has 0 radical (unpaired) electrons. The molecule has 8 heteroatoms. The van der Waals surface area contributed by atoms with Crippen LogP contribution in [0.5, 0.6) is 0 Å². The maximum Gasteiger partial charge on any atom is 0.311 e. The molecule has 1 atom stereocenters. The van der Waals surface area contributed by atoms with Crippen molar-refractivity contribution in [1.82, 2.24) is 14.9 Å². The molecule has 0 spiro atoms. The minimum absolute atomic E-state index is 0.0110. The fourth-order valence-corrected chi connectivity index (χ4v) is 4.23. The van der Waals surface area contributed by atoms with Crippen molar-refractivity contribution < 1.29 is 14.3 Å². The van der Waals surface area contributed by atoms with Crippen molar-refractivity contribution in [2.75, 3.05) is 20.2 Å². The van der Waals surface area contributed by atoms with Crippen LogP contribution in [0.15, 0.2) is 46.3 Å². The Morgan fingerprint density at radius 2 is 1.93 bits per heavy atom. The van der Waals surface area contributed by atoms with Crippen molar-refractivity contribution in [1.29, 1.82) is 0 Å². The van der Waals surface area contributed by atoms with E-state index < -0.39 is 11.2 Å². The van der Waals surface area contributed by atoms with Crippen molar-refractivity contribution in [3.8, 4) is 0 Å². The third kappa shape index (κ3) is 5.22. The van der Waals surface area contributed by atoms with E-state index in [4.69, 9.17) is 0 Å². The van der Waals surface area contributed by atoms with Crippen molar-refractivity contribution in [3.63, 3.8) is 0 Å². The number of amides is 1. The van der Waals surface area contributed by atoms with E-state index >= 15 is 0 Å². The zero-order valence-electron chi connectivity index (χ0n) is 15.7. The molecule has 1 aliphatic heterocycles. The molecule has 1 aliphatic rings. The van der Waals surface area contributed by atoms with E-state index in [-0.39, 0.29) is 17.9 Å². The van der Waals surface area contributed by atoms with Crippen LogP contribution in [-0.4, -0.2) is 46.9 Å². The van der Waals surface area contributed by atoms with Crippen LogP contribution in [0.25, 0.3) is 0 Å². The van der Waals surface area contributed by atoms with Gasteiger partial charge >= 0.3 is 5.97 Å². The summed E-state index contributed by atoms with van der Waals surface area (Å²) in [6.07, 6.45) is 3.05. The second-order valence-electron chi connectivity index (χ2n) is 6.59. The summed E-state index contributed by atoms with van der Waals surface area (Å²) in [6.45, 7) is 1.49. The van der Waals surface area contributed by atoms with Crippen molar-refractivity contribution in [3.05, 3.63) is 58.0 Å². The number of aromatic nitrogens is 2. The Labute approximate surface area is 167 Å². The lowest BCUT2D eigenvalue weighted by molar-refractivity contribution is -0.139. The average Bonchev–Trinajstić information content (AvgIpc) is 2.72. The molecule has 28 heavy (non-hydrogen) atoms. The smallest absolute Gasteiger partial charge is 0.311 e. The zero-order chi connectivity index (χ0) is 19.9. The zero-order valence-corrected chi connectivity index (χ0v) is 16.5. The van der Waals surface area contributed by atoms with E-state index in [1.54, 1.807) is 0 Å². The van der Waals surface area contributed by atoms with Gasteiger partial charge in [0.15, 0.2) is 5.16 Å². The van der Waals surface area contributed by atoms with Crippen LogP contribution >= 0.6 is 11.8 Å². The molecule has 3 rings (SSSR count). The number of carbonyl (C=O) groups excluding carboxylic acids is 2. The Hall–Kier alpha value is -2.61. The number of thioether (sulfide) groups is 1. The molecule has 1 N–H and O–H groups in total. The highest BCUT2D eigenvalue weighted by Gasteiger charge is 2.28. The number of methoxy groups -OCH3 is 1. The van der Waals surface area contributed by atoms with Gasteiger partial charge in [-0.25, -0.2) is 4.98 Å². The van der Waals surface area contributed by atoms with Gasteiger partial charge in [-0.05, 0) is 24.8 Å². The van der Waals surface area contributed by atoms with Gasteiger partial charge in [-0.3, -0.25) is 14.4 Å². The first-order valence-corrected chi connectivity index (χ1v) is 10.1. The number of ether oxygens (including phenoxy) is 1. The lowest BCUT2D eigenvalue weighted by atomic mass is 10.1. The molecular weight excluding hydrogens is 378 g/mol. The normalized spacial score (nSPS) is 15.1. The summed E-state index contributed by atoms with van der Waals surface area (Å²) < 4.78 is 4.64. The lowest BCUT2D eigenvalue weighted by Crippen LogP contribution is -2.38. The molecule has 0 bridgehead atoms. The van der Waals surface area contributed by atoms with Crippen LogP contribution < -0.4 is 5.56 Å². The first kappa shape index (κ1) is 20.1. The number of nitrogens with one attached hydrogen (secondary N) is 1. The Morgan fingerprint density at radius 3 is 2.61 bits per heavy atom. The number of aromatic amines is 1. The Bertz CT molecular complexity index is 879. The van der Waals surface area contributed by atoms with Crippen LogP contribution in [0.1, 0.15) is 35.8 Å². The quantitative estimate of drug-likeness (QED) is 0.454. The standard InChI is InChI=1S/C20H23N3O4S/c1-27-17(25)13-15-12-16(24)22-20(21-15)28-18(14-8-4-2-5-9-14)19(26)23-10-6-3-7-11-23/h2,4-5,8-9,12,18H,3,6-7,10-11,13H2,1H3,(H,21,22,24)/t18-/m0/s1. The predicted molar refractivity (Wildman–Crippen MR) is 106 cm³/mol. The highest BCUT2D eigenvalue weighted by Crippen LogP contribution is 2.35. The Balaban J connectivity index is 1.88. The number of rotatable bonds is 6. The molecule has 1 saturated heterocycles. The summed E-state index contributed by atoms with van der Waals surface area (Å²) in [7, 11) is 1.29. The number of piperidine rings is 1. The fraction of sp³-hybridized carbons (Fsp3) is 0.400. The van der Waals surface area contributed by atoms with Gasteiger partial charge in [0.05, 0.1) is 19.2 Å². The molecule has 1 aromatic heterocycles. The summed E-state index contributed by atoms with van der Waals surface area (Å²) in [5.41, 5.74) is 0.799. The van der Waals surface area contributed by atoms with Crippen LogP contribution in [0.4, 0.5) is 0 Å². The largest absolute Gasteiger partial charge is 0.469 e. The molecule has 148 valence electrons. The molecule has 1 fully saturated rings. The Kier molecular flexibility index (Phi) is 6.86. The summed E-state index contributed by atoms with van der Waals surface area (Å²) >= 11 is 1.20. The molecule has 0 saturated carbocycles. The van der Waals surface area contributed by atoms with Gasteiger partial charge < -0.3 is 14.6 Å². The minimum Gasteiger partial charge on any atom is -0.469 e. The predicted octanol–water partition coefficient (Wildman–Crippen LogP) is 2.33. The summed E-state index contributed by atoms with van der Waals surface area (Å²) in [5.74, 6) is -0.463. The number of nitrogens with zero attached hydrogens (tertiary/aromatic N) is 2. The van der Waals surface area contributed by atoms with Crippen molar-refractivity contribution >= 4 is 23.6 Å². The van der Waals surface area contributed by atoms with E-state index in [0.29, 0.717) is 10.9 Å². The summed E-state index contributed by atoms with van der Waals surface area (Å²) in [4.78, 5) is 45.6. The number of benzene rings is 1. The molecule has 2 heterocycles. The van der Waals surface area contributed by atoms with Gasteiger partial charge in [-0.15, -0.1) is 0 Å². The van der Waals surface area contributed by atoms with Crippen LogP contribution in [-0.2, 0) is 20.7 Å². The number of esters is 1. The number of H-pyrrole nitrogens is 1. The Morgan fingerprint density at radius 1 is 1.21 bits per heavy atom. The number of likely N-dealkylation sites (tertiary alicyclic amines) is 1. The minimum atomic E-state index is -0.518. The first-order valence-electron chi connectivity index (χ1n) is 9.24. The SMILES string of the molecule is COC(=O)Cc1cc(=O)[nH]c(S[C@H](C(=O)N2CCCCC2)c2ccccc2)n1.